The highest BCUT2D eigenvalue weighted by atomic mass is 35.5. The molecule has 0 radical (unpaired) electrons. The molecule has 110 valence electrons. The number of rotatable bonds is 7. The molecule has 1 aliphatic heterocycles. The number of amides is 2. The van der Waals surface area contributed by atoms with E-state index in [-0.39, 0.29) is 0 Å². The van der Waals surface area contributed by atoms with Gasteiger partial charge < -0.3 is 15.4 Å². The van der Waals surface area contributed by atoms with Gasteiger partial charge in [-0.15, -0.1) is 11.6 Å². The average Bonchev–Trinajstić information content (AvgIpc) is 2.44. The van der Waals surface area contributed by atoms with Gasteiger partial charge in [0.1, 0.15) is 0 Å². The van der Waals surface area contributed by atoms with Crippen molar-refractivity contribution < 1.29 is 14.3 Å². The van der Waals surface area contributed by atoms with E-state index in [9.17, 15) is 9.59 Å². The highest BCUT2D eigenvalue weighted by Gasteiger charge is 2.13. The zero-order valence-corrected chi connectivity index (χ0v) is 11.9. The van der Waals surface area contributed by atoms with Gasteiger partial charge in [-0.1, -0.05) is 0 Å². The first-order chi connectivity index (χ1) is 9.24. The Bertz CT molecular complexity index is 283. The number of hydrogen-bond acceptors (Lipinski definition) is 4. The van der Waals surface area contributed by atoms with E-state index in [0.717, 1.165) is 39.3 Å². The molecule has 0 aromatic carbocycles. The summed E-state index contributed by atoms with van der Waals surface area (Å²) in [4.78, 5) is 25.0. The van der Waals surface area contributed by atoms with Crippen LogP contribution in [-0.2, 0) is 14.3 Å². The Hall–Kier alpha value is -0.850. The summed E-state index contributed by atoms with van der Waals surface area (Å²) in [5, 5.41) is 5.12. The molecule has 1 heterocycles. The van der Waals surface area contributed by atoms with E-state index in [0.29, 0.717) is 25.4 Å². The Labute approximate surface area is 118 Å². The fourth-order valence-corrected chi connectivity index (χ4v) is 1.89. The number of nitrogens with zero attached hydrogens (tertiary/aromatic N) is 1. The summed E-state index contributed by atoms with van der Waals surface area (Å²) in [5.74, 6) is -0.686. The predicted octanol–water partition coefficient (Wildman–Crippen LogP) is -0.430. The standard InChI is InChI=1S/C12H22ClN3O3/c13-3-1-4-14-11(17)12(18)15-5-2-6-16-7-9-19-10-8-16/h1-10H2,(H,14,17)(H,15,18). The van der Waals surface area contributed by atoms with Crippen LogP contribution in [0, 0.1) is 0 Å². The van der Waals surface area contributed by atoms with Crippen LogP contribution in [0.25, 0.3) is 0 Å². The third kappa shape index (κ3) is 7.34. The number of alkyl halides is 1. The lowest BCUT2D eigenvalue weighted by molar-refractivity contribution is -0.139. The van der Waals surface area contributed by atoms with Crippen molar-refractivity contribution >= 4 is 23.4 Å². The summed E-state index contributed by atoms with van der Waals surface area (Å²) in [6.45, 7) is 5.28. The van der Waals surface area contributed by atoms with E-state index in [4.69, 9.17) is 16.3 Å². The van der Waals surface area contributed by atoms with Crippen molar-refractivity contribution in [3.8, 4) is 0 Å². The Balaban J connectivity index is 2.01. The van der Waals surface area contributed by atoms with Crippen LogP contribution in [0.5, 0.6) is 0 Å². The molecule has 1 aliphatic rings. The van der Waals surface area contributed by atoms with Gasteiger partial charge in [0.05, 0.1) is 13.2 Å². The quantitative estimate of drug-likeness (QED) is 0.379. The molecule has 7 heteroatoms. The molecule has 0 unspecified atom stereocenters. The van der Waals surface area contributed by atoms with E-state index in [1.54, 1.807) is 0 Å². The molecule has 0 aliphatic carbocycles. The molecule has 2 amide bonds. The topological polar surface area (TPSA) is 70.7 Å². The molecule has 19 heavy (non-hydrogen) atoms. The molecule has 0 atom stereocenters. The molecule has 1 rings (SSSR count). The smallest absolute Gasteiger partial charge is 0.309 e. The maximum Gasteiger partial charge on any atom is 0.309 e. The van der Waals surface area contributed by atoms with Crippen LogP contribution in [-0.4, -0.2) is 68.5 Å². The number of hydrogen-bond donors (Lipinski definition) is 2. The number of halogens is 1. The normalized spacial score (nSPS) is 16.1. The average molecular weight is 292 g/mol. The minimum absolute atomic E-state index is 0.434. The molecule has 6 nitrogen and oxygen atoms in total. The monoisotopic (exact) mass is 291 g/mol. The van der Waals surface area contributed by atoms with Crippen LogP contribution in [0.1, 0.15) is 12.8 Å². The van der Waals surface area contributed by atoms with Gasteiger partial charge in [0.2, 0.25) is 0 Å². The Morgan fingerprint density at radius 3 is 2.21 bits per heavy atom. The van der Waals surface area contributed by atoms with Crippen molar-refractivity contribution in [3.63, 3.8) is 0 Å². The van der Waals surface area contributed by atoms with Gasteiger partial charge >= 0.3 is 11.8 Å². The van der Waals surface area contributed by atoms with Gasteiger partial charge in [-0.25, -0.2) is 0 Å². The largest absolute Gasteiger partial charge is 0.379 e. The molecule has 1 saturated heterocycles. The summed E-state index contributed by atoms with van der Waals surface area (Å²) >= 11 is 5.48. The van der Waals surface area contributed by atoms with E-state index >= 15 is 0 Å². The number of morpholine rings is 1. The summed E-state index contributed by atoms with van der Waals surface area (Å²) in [6, 6.07) is 0. The van der Waals surface area contributed by atoms with Crippen LogP contribution in [0.2, 0.25) is 0 Å². The van der Waals surface area contributed by atoms with E-state index in [2.05, 4.69) is 15.5 Å². The van der Waals surface area contributed by atoms with Crippen molar-refractivity contribution in [1.29, 1.82) is 0 Å². The van der Waals surface area contributed by atoms with Crippen molar-refractivity contribution in [2.75, 3.05) is 51.8 Å². The van der Waals surface area contributed by atoms with Crippen LogP contribution < -0.4 is 10.6 Å². The number of carbonyl (C=O) groups is 2. The fourth-order valence-electron chi connectivity index (χ4n) is 1.76. The molecule has 0 bridgehead atoms. The van der Waals surface area contributed by atoms with Gasteiger partial charge in [0, 0.05) is 32.1 Å². The maximum absolute atomic E-state index is 11.4. The zero-order valence-electron chi connectivity index (χ0n) is 11.1. The molecule has 1 fully saturated rings. The van der Waals surface area contributed by atoms with Crippen LogP contribution in [0.3, 0.4) is 0 Å². The lowest BCUT2D eigenvalue weighted by atomic mass is 10.3. The van der Waals surface area contributed by atoms with E-state index < -0.39 is 11.8 Å². The SMILES string of the molecule is O=C(NCCCCl)C(=O)NCCCN1CCOCC1. The third-order valence-corrected chi connectivity index (χ3v) is 3.11. The van der Waals surface area contributed by atoms with Crippen LogP contribution >= 0.6 is 11.6 Å². The van der Waals surface area contributed by atoms with E-state index in [1.807, 2.05) is 0 Å². The van der Waals surface area contributed by atoms with Crippen molar-refractivity contribution in [1.82, 2.24) is 15.5 Å². The van der Waals surface area contributed by atoms with Crippen LogP contribution in [0.15, 0.2) is 0 Å². The Morgan fingerprint density at radius 1 is 1.05 bits per heavy atom. The minimum Gasteiger partial charge on any atom is -0.379 e. The lowest BCUT2D eigenvalue weighted by Gasteiger charge is -2.26. The van der Waals surface area contributed by atoms with Crippen molar-refractivity contribution in [2.45, 2.75) is 12.8 Å². The highest BCUT2D eigenvalue weighted by molar-refractivity contribution is 6.35. The summed E-state index contributed by atoms with van der Waals surface area (Å²) in [7, 11) is 0. The predicted molar refractivity (Wildman–Crippen MR) is 73.2 cm³/mol. The molecular formula is C12H22ClN3O3. The maximum atomic E-state index is 11.4. The molecule has 0 aromatic heterocycles. The lowest BCUT2D eigenvalue weighted by Crippen LogP contribution is -2.42. The Kier molecular flexibility index (Phi) is 8.53. The minimum atomic E-state index is -0.587. The van der Waals surface area contributed by atoms with Crippen molar-refractivity contribution in [2.24, 2.45) is 0 Å². The van der Waals surface area contributed by atoms with Gasteiger partial charge in [-0.05, 0) is 19.4 Å². The number of nitrogens with one attached hydrogen (secondary N) is 2. The number of ether oxygens (including phenoxy) is 1. The van der Waals surface area contributed by atoms with Gasteiger partial charge in [-0.3, -0.25) is 14.5 Å². The second kappa shape index (κ2) is 10.00. The summed E-state index contributed by atoms with van der Waals surface area (Å²) < 4.78 is 5.25. The molecule has 0 saturated carbocycles. The Morgan fingerprint density at radius 2 is 1.63 bits per heavy atom. The van der Waals surface area contributed by atoms with Gasteiger partial charge in [0.25, 0.3) is 0 Å². The van der Waals surface area contributed by atoms with Gasteiger partial charge in [-0.2, -0.15) is 0 Å². The molecule has 0 aromatic rings. The highest BCUT2D eigenvalue weighted by Crippen LogP contribution is 1.97. The first-order valence-electron chi connectivity index (χ1n) is 6.66. The van der Waals surface area contributed by atoms with E-state index in [1.165, 1.54) is 0 Å². The first-order valence-corrected chi connectivity index (χ1v) is 7.19. The fraction of sp³-hybridized carbons (Fsp3) is 0.833. The van der Waals surface area contributed by atoms with Gasteiger partial charge in [0.15, 0.2) is 0 Å². The summed E-state index contributed by atoms with van der Waals surface area (Å²) in [5.41, 5.74) is 0. The second-order valence-electron chi connectivity index (χ2n) is 4.36. The van der Waals surface area contributed by atoms with Crippen molar-refractivity contribution in [3.05, 3.63) is 0 Å². The molecular weight excluding hydrogens is 270 g/mol. The molecule has 2 N–H and O–H groups in total. The molecule has 0 spiro atoms. The summed E-state index contributed by atoms with van der Waals surface area (Å²) in [6.07, 6.45) is 1.50. The zero-order chi connectivity index (χ0) is 13.9. The number of carbonyl (C=O) groups excluding carboxylic acids is 2. The second-order valence-corrected chi connectivity index (χ2v) is 4.74. The third-order valence-electron chi connectivity index (χ3n) is 2.84. The van der Waals surface area contributed by atoms with Crippen LogP contribution in [0.4, 0.5) is 0 Å². The first kappa shape index (κ1) is 16.2.